The number of rotatable bonds is 6. The van der Waals surface area contributed by atoms with E-state index in [0.29, 0.717) is 25.6 Å². The largest absolute Gasteiger partial charge is 0.495 e. The minimum absolute atomic E-state index is 0.00680. The highest BCUT2D eigenvalue weighted by Gasteiger charge is 2.22. The Hall–Kier alpha value is -3.81. The maximum absolute atomic E-state index is 12.5. The molecule has 31 heavy (non-hydrogen) atoms. The van der Waals surface area contributed by atoms with Crippen molar-refractivity contribution in [2.75, 3.05) is 43.1 Å². The Labute approximate surface area is 180 Å². The number of carbonyl (C=O) groups excluding carboxylic acids is 1. The van der Waals surface area contributed by atoms with Gasteiger partial charge in [0.15, 0.2) is 0 Å². The second-order valence-electron chi connectivity index (χ2n) is 7.26. The molecule has 1 aliphatic heterocycles. The molecule has 1 aliphatic rings. The molecule has 1 aromatic heterocycles. The van der Waals surface area contributed by atoms with Crippen LogP contribution in [-0.4, -0.2) is 49.2 Å². The van der Waals surface area contributed by atoms with E-state index in [-0.39, 0.29) is 5.56 Å². The molecular weight excluding hydrogens is 394 g/mol. The number of piperazine rings is 1. The third-order valence-electron chi connectivity index (χ3n) is 5.33. The Morgan fingerprint density at radius 2 is 1.71 bits per heavy atom. The number of anilines is 2. The Morgan fingerprint density at radius 1 is 1.03 bits per heavy atom. The van der Waals surface area contributed by atoms with Gasteiger partial charge >= 0.3 is 0 Å². The number of amides is 1. The van der Waals surface area contributed by atoms with Crippen LogP contribution in [0.15, 0.2) is 65.6 Å². The molecule has 1 fully saturated rings. The van der Waals surface area contributed by atoms with Crippen LogP contribution in [-0.2, 0) is 6.54 Å². The van der Waals surface area contributed by atoms with Crippen molar-refractivity contribution in [3.63, 3.8) is 0 Å². The normalized spacial score (nSPS) is 13.7. The summed E-state index contributed by atoms with van der Waals surface area (Å²) in [5.74, 6) is 0.878. The average molecular weight is 419 g/mol. The second-order valence-corrected chi connectivity index (χ2v) is 7.26. The quantitative estimate of drug-likeness (QED) is 0.636. The molecule has 3 aromatic rings. The minimum Gasteiger partial charge on any atom is -0.495 e. The summed E-state index contributed by atoms with van der Waals surface area (Å²) in [5.41, 5.74) is 1.58. The Morgan fingerprint density at radius 3 is 2.42 bits per heavy atom. The number of methoxy groups -OCH3 is 1. The summed E-state index contributed by atoms with van der Waals surface area (Å²) in [6.07, 6.45) is 1.35. The fourth-order valence-corrected chi connectivity index (χ4v) is 3.63. The summed E-state index contributed by atoms with van der Waals surface area (Å²) >= 11 is 0. The third kappa shape index (κ3) is 4.69. The number of carbonyl (C=O) groups is 1. The highest BCUT2D eigenvalue weighted by Crippen LogP contribution is 2.28. The lowest BCUT2D eigenvalue weighted by atomic mass is 10.2. The second kappa shape index (κ2) is 9.34. The van der Waals surface area contributed by atoms with Crippen molar-refractivity contribution < 1.29 is 9.53 Å². The maximum atomic E-state index is 12.5. The molecule has 0 atom stereocenters. The zero-order valence-corrected chi connectivity index (χ0v) is 17.4. The summed E-state index contributed by atoms with van der Waals surface area (Å²) in [4.78, 5) is 36.2. The molecule has 8 heteroatoms. The number of aromatic nitrogens is 2. The van der Waals surface area contributed by atoms with Crippen LogP contribution in [0, 0.1) is 0 Å². The fraction of sp³-hybridized carbons (Fsp3) is 0.261. The molecule has 4 rings (SSSR count). The van der Waals surface area contributed by atoms with Crippen LogP contribution in [0.4, 0.5) is 11.6 Å². The van der Waals surface area contributed by atoms with Crippen LogP contribution in [0.1, 0.15) is 15.9 Å². The zero-order chi connectivity index (χ0) is 21.6. The first-order valence-electron chi connectivity index (χ1n) is 10.2. The van der Waals surface area contributed by atoms with E-state index in [9.17, 15) is 9.59 Å². The monoisotopic (exact) mass is 419 g/mol. The van der Waals surface area contributed by atoms with Crippen LogP contribution in [0.2, 0.25) is 0 Å². The SMILES string of the molecule is COc1ccccc1N1CCN(c2ncc(C(=O)NCc3ccccc3)c(=O)[nH]2)CC1. The molecule has 0 spiro atoms. The number of hydrogen-bond acceptors (Lipinski definition) is 6. The Balaban J connectivity index is 1.38. The van der Waals surface area contributed by atoms with E-state index in [4.69, 9.17) is 4.74 Å². The molecule has 2 aromatic carbocycles. The number of aromatic amines is 1. The highest BCUT2D eigenvalue weighted by molar-refractivity contribution is 5.93. The summed E-state index contributed by atoms with van der Waals surface area (Å²) in [6.45, 7) is 3.28. The minimum atomic E-state index is -0.442. The van der Waals surface area contributed by atoms with Gasteiger partial charge in [0.05, 0.1) is 12.8 Å². The van der Waals surface area contributed by atoms with Crippen molar-refractivity contribution in [2.45, 2.75) is 6.54 Å². The molecular formula is C23H25N5O3. The van der Waals surface area contributed by atoms with Crippen LogP contribution in [0.5, 0.6) is 5.75 Å². The summed E-state index contributed by atoms with van der Waals surface area (Å²) in [6, 6.07) is 17.5. The lowest BCUT2D eigenvalue weighted by Crippen LogP contribution is -2.47. The van der Waals surface area contributed by atoms with Gasteiger partial charge in [-0.3, -0.25) is 14.6 Å². The molecule has 0 saturated carbocycles. The number of nitrogens with one attached hydrogen (secondary N) is 2. The van der Waals surface area contributed by atoms with Crippen molar-refractivity contribution in [1.82, 2.24) is 15.3 Å². The number of benzene rings is 2. The molecule has 0 unspecified atom stereocenters. The maximum Gasteiger partial charge on any atom is 0.265 e. The highest BCUT2D eigenvalue weighted by atomic mass is 16.5. The van der Waals surface area contributed by atoms with E-state index in [1.165, 1.54) is 6.20 Å². The summed E-state index contributed by atoms with van der Waals surface area (Å²) in [5, 5.41) is 2.76. The number of hydrogen-bond donors (Lipinski definition) is 2. The number of nitrogens with zero attached hydrogens (tertiary/aromatic N) is 3. The van der Waals surface area contributed by atoms with Gasteiger partial charge in [0.1, 0.15) is 11.3 Å². The first kappa shape index (κ1) is 20.5. The van der Waals surface area contributed by atoms with E-state index in [2.05, 4.69) is 20.2 Å². The van der Waals surface area contributed by atoms with E-state index in [1.807, 2.05) is 59.5 Å². The van der Waals surface area contributed by atoms with E-state index in [0.717, 1.165) is 30.1 Å². The Bertz CT molecular complexity index is 1090. The van der Waals surface area contributed by atoms with Crippen LogP contribution >= 0.6 is 0 Å². The summed E-state index contributed by atoms with van der Waals surface area (Å²) in [7, 11) is 1.67. The molecule has 160 valence electrons. The molecule has 8 nitrogen and oxygen atoms in total. The van der Waals surface area contributed by atoms with Crippen molar-refractivity contribution in [3.05, 3.63) is 82.3 Å². The van der Waals surface area contributed by atoms with E-state index < -0.39 is 11.5 Å². The van der Waals surface area contributed by atoms with Crippen LogP contribution in [0.3, 0.4) is 0 Å². The van der Waals surface area contributed by atoms with Gasteiger partial charge in [-0.25, -0.2) is 4.98 Å². The Kier molecular flexibility index (Phi) is 6.16. The van der Waals surface area contributed by atoms with Gasteiger partial charge in [0.25, 0.3) is 11.5 Å². The van der Waals surface area contributed by atoms with Crippen LogP contribution in [0.25, 0.3) is 0 Å². The van der Waals surface area contributed by atoms with Gasteiger partial charge in [-0.1, -0.05) is 42.5 Å². The van der Waals surface area contributed by atoms with Crippen molar-refractivity contribution in [1.29, 1.82) is 0 Å². The average Bonchev–Trinajstić information content (AvgIpc) is 2.83. The molecule has 2 heterocycles. The fourth-order valence-electron chi connectivity index (χ4n) is 3.63. The predicted molar refractivity (Wildman–Crippen MR) is 120 cm³/mol. The zero-order valence-electron chi connectivity index (χ0n) is 17.4. The molecule has 0 bridgehead atoms. The molecule has 2 N–H and O–H groups in total. The first-order chi connectivity index (χ1) is 15.2. The standard InChI is InChI=1S/C23H25N5O3/c1-31-20-10-6-5-9-19(20)27-11-13-28(14-12-27)23-25-16-18(22(30)26-23)21(29)24-15-17-7-3-2-4-8-17/h2-10,16H,11-15H2,1H3,(H,24,29)(H,25,26,30). The topological polar surface area (TPSA) is 90.6 Å². The number of H-pyrrole nitrogens is 1. The van der Waals surface area contributed by atoms with Crippen LogP contribution < -0.4 is 25.4 Å². The number of ether oxygens (including phenoxy) is 1. The summed E-state index contributed by atoms with van der Waals surface area (Å²) < 4.78 is 5.46. The molecule has 0 aliphatic carbocycles. The van der Waals surface area contributed by atoms with Gasteiger partial charge < -0.3 is 19.9 Å². The number of para-hydroxylation sites is 2. The third-order valence-corrected chi connectivity index (χ3v) is 5.33. The molecule has 1 amide bonds. The molecule has 1 saturated heterocycles. The first-order valence-corrected chi connectivity index (χ1v) is 10.2. The van der Waals surface area contributed by atoms with Crippen molar-refractivity contribution in [3.8, 4) is 5.75 Å². The van der Waals surface area contributed by atoms with E-state index >= 15 is 0 Å². The van der Waals surface area contributed by atoms with Gasteiger partial charge in [-0.2, -0.15) is 0 Å². The van der Waals surface area contributed by atoms with Gasteiger partial charge in [0, 0.05) is 38.9 Å². The van der Waals surface area contributed by atoms with Gasteiger partial charge in [-0.15, -0.1) is 0 Å². The van der Waals surface area contributed by atoms with Crippen molar-refractivity contribution in [2.24, 2.45) is 0 Å². The van der Waals surface area contributed by atoms with E-state index in [1.54, 1.807) is 7.11 Å². The predicted octanol–water partition coefficient (Wildman–Crippen LogP) is 2.04. The molecule has 0 radical (unpaired) electrons. The van der Waals surface area contributed by atoms with Crippen molar-refractivity contribution >= 4 is 17.5 Å². The van der Waals surface area contributed by atoms with Gasteiger partial charge in [0.2, 0.25) is 5.95 Å². The lowest BCUT2D eigenvalue weighted by molar-refractivity contribution is 0.0949. The lowest BCUT2D eigenvalue weighted by Gasteiger charge is -2.36. The van der Waals surface area contributed by atoms with Gasteiger partial charge in [-0.05, 0) is 17.7 Å². The smallest absolute Gasteiger partial charge is 0.265 e.